The Morgan fingerprint density at radius 3 is 2.81 bits per heavy atom. The van der Waals surface area contributed by atoms with E-state index in [0.717, 1.165) is 5.56 Å². The fraction of sp³-hybridized carbons (Fsp3) is 0.143. The van der Waals surface area contributed by atoms with Crippen LogP contribution in [0.5, 0.6) is 0 Å². The second-order valence-electron chi connectivity index (χ2n) is 4.50. The third-order valence-electron chi connectivity index (χ3n) is 2.95. The van der Waals surface area contributed by atoms with Crippen LogP contribution < -0.4 is 5.32 Å². The monoisotopic (exact) mass is 283 g/mol. The van der Waals surface area contributed by atoms with E-state index in [2.05, 4.69) is 20.6 Å². The molecule has 0 bridgehead atoms. The van der Waals surface area contributed by atoms with Crippen LogP contribution in [0.3, 0.4) is 0 Å². The number of aromatic nitrogens is 4. The third-order valence-corrected chi connectivity index (χ3v) is 2.95. The van der Waals surface area contributed by atoms with Gasteiger partial charge in [0.1, 0.15) is 5.69 Å². The summed E-state index contributed by atoms with van der Waals surface area (Å²) in [5.74, 6) is 0.687. The van der Waals surface area contributed by atoms with E-state index in [-0.39, 0.29) is 5.91 Å². The molecule has 0 atom stereocenters. The van der Waals surface area contributed by atoms with Gasteiger partial charge in [-0.3, -0.25) is 9.48 Å². The van der Waals surface area contributed by atoms with Gasteiger partial charge in [0.05, 0.1) is 0 Å². The molecule has 7 nitrogen and oxygen atoms in total. The molecule has 0 saturated carbocycles. The number of aryl methyl sites for hydroxylation is 2. The first-order valence-corrected chi connectivity index (χ1v) is 6.33. The van der Waals surface area contributed by atoms with Crippen molar-refractivity contribution in [2.75, 3.05) is 5.32 Å². The molecule has 7 heteroatoms. The van der Waals surface area contributed by atoms with Gasteiger partial charge in [0.2, 0.25) is 11.8 Å². The van der Waals surface area contributed by atoms with Crippen LogP contribution in [-0.2, 0) is 7.05 Å². The quantitative estimate of drug-likeness (QED) is 0.794. The smallest absolute Gasteiger partial charge is 0.273 e. The number of anilines is 1. The molecule has 1 amide bonds. The van der Waals surface area contributed by atoms with E-state index in [9.17, 15) is 4.79 Å². The fourth-order valence-electron chi connectivity index (χ4n) is 1.93. The van der Waals surface area contributed by atoms with Crippen LogP contribution in [0.2, 0.25) is 0 Å². The molecule has 0 fully saturated rings. The molecular formula is C14H13N5O2. The maximum Gasteiger partial charge on any atom is 0.273 e. The van der Waals surface area contributed by atoms with Gasteiger partial charge in [-0.05, 0) is 24.3 Å². The molecule has 2 heterocycles. The van der Waals surface area contributed by atoms with Crippen molar-refractivity contribution in [1.29, 1.82) is 0 Å². The lowest BCUT2D eigenvalue weighted by Gasteiger charge is -2.06. The van der Waals surface area contributed by atoms with Crippen LogP contribution in [0.1, 0.15) is 16.4 Å². The Kier molecular flexibility index (Phi) is 3.23. The van der Waals surface area contributed by atoms with Crippen LogP contribution in [-0.4, -0.2) is 25.9 Å². The first-order chi connectivity index (χ1) is 10.1. The summed E-state index contributed by atoms with van der Waals surface area (Å²) in [5.41, 5.74) is 1.88. The zero-order valence-corrected chi connectivity index (χ0v) is 11.6. The van der Waals surface area contributed by atoms with Crippen molar-refractivity contribution in [3.8, 4) is 11.5 Å². The molecule has 21 heavy (non-hydrogen) atoms. The molecule has 0 saturated heterocycles. The lowest BCUT2D eigenvalue weighted by atomic mass is 10.2. The van der Waals surface area contributed by atoms with Crippen molar-refractivity contribution in [3.05, 3.63) is 48.1 Å². The first-order valence-electron chi connectivity index (χ1n) is 6.33. The number of amides is 1. The Hall–Kier alpha value is -2.96. The van der Waals surface area contributed by atoms with Crippen molar-refractivity contribution < 1.29 is 9.21 Å². The standard InChI is InChI=1S/C14H13N5O2/c1-9-17-18-14(21-9)10-4-3-5-11(8-10)16-13(20)12-6-7-15-19(12)2/h3-8H,1-2H3,(H,16,20). The van der Waals surface area contributed by atoms with Crippen LogP contribution in [0, 0.1) is 6.92 Å². The van der Waals surface area contributed by atoms with Crippen molar-refractivity contribution in [2.24, 2.45) is 7.05 Å². The molecule has 0 radical (unpaired) electrons. The Bertz CT molecular complexity index is 790. The molecule has 0 unspecified atom stereocenters. The minimum atomic E-state index is -0.228. The van der Waals surface area contributed by atoms with E-state index >= 15 is 0 Å². The number of carbonyl (C=O) groups is 1. The molecule has 1 aromatic carbocycles. The molecule has 3 rings (SSSR count). The number of nitrogens with zero attached hydrogens (tertiary/aromatic N) is 4. The van der Waals surface area contributed by atoms with Gasteiger partial charge < -0.3 is 9.73 Å². The number of rotatable bonds is 3. The lowest BCUT2D eigenvalue weighted by Crippen LogP contribution is -2.16. The van der Waals surface area contributed by atoms with Crippen LogP contribution in [0.4, 0.5) is 5.69 Å². The van der Waals surface area contributed by atoms with Gasteiger partial charge in [-0.25, -0.2) is 0 Å². The zero-order chi connectivity index (χ0) is 14.8. The summed E-state index contributed by atoms with van der Waals surface area (Å²) in [4.78, 5) is 12.1. The molecule has 0 spiro atoms. The van der Waals surface area contributed by atoms with Crippen LogP contribution in [0.25, 0.3) is 11.5 Å². The normalized spacial score (nSPS) is 10.6. The topological polar surface area (TPSA) is 85.8 Å². The predicted octanol–water partition coefficient (Wildman–Crippen LogP) is 2.03. The first kappa shape index (κ1) is 13.0. The van der Waals surface area contributed by atoms with Gasteiger partial charge in [-0.15, -0.1) is 10.2 Å². The van der Waals surface area contributed by atoms with E-state index in [1.54, 1.807) is 38.4 Å². The molecule has 0 aliphatic carbocycles. The molecule has 1 N–H and O–H groups in total. The van der Waals surface area contributed by atoms with E-state index < -0.39 is 0 Å². The molecule has 0 aliphatic rings. The number of hydrogen-bond donors (Lipinski definition) is 1. The van der Waals surface area contributed by atoms with E-state index in [0.29, 0.717) is 23.2 Å². The van der Waals surface area contributed by atoms with Gasteiger partial charge in [0.25, 0.3) is 5.91 Å². The Morgan fingerprint density at radius 2 is 2.14 bits per heavy atom. The highest BCUT2D eigenvalue weighted by Gasteiger charge is 2.11. The fourth-order valence-corrected chi connectivity index (χ4v) is 1.93. The maximum absolute atomic E-state index is 12.1. The highest BCUT2D eigenvalue weighted by Crippen LogP contribution is 2.21. The third kappa shape index (κ3) is 2.66. The SMILES string of the molecule is Cc1nnc(-c2cccc(NC(=O)c3ccnn3C)c2)o1. The van der Waals surface area contributed by atoms with Gasteiger partial charge in [-0.1, -0.05) is 6.07 Å². The van der Waals surface area contributed by atoms with Gasteiger partial charge in [0, 0.05) is 31.4 Å². The van der Waals surface area contributed by atoms with Crippen molar-refractivity contribution >= 4 is 11.6 Å². The minimum absolute atomic E-state index is 0.228. The Balaban J connectivity index is 1.84. The van der Waals surface area contributed by atoms with Gasteiger partial charge in [0.15, 0.2) is 0 Å². The van der Waals surface area contributed by atoms with Gasteiger partial charge >= 0.3 is 0 Å². The second-order valence-corrected chi connectivity index (χ2v) is 4.50. The number of nitrogens with one attached hydrogen (secondary N) is 1. The highest BCUT2D eigenvalue weighted by atomic mass is 16.4. The van der Waals surface area contributed by atoms with E-state index in [1.165, 1.54) is 4.68 Å². The number of hydrogen-bond acceptors (Lipinski definition) is 5. The summed E-state index contributed by atoms with van der Waals surface area (Å²) in [5, 5.41) is 14.5. The summed E-state index contributed by atoms with van der Waals surface area (Å²) in [6.07, 6.45) is 1.58. The Labute approximate surface area is 120 Å². The summed E-state index contributed by atoms with van der Waals surface area (Å²) < 4.78 is 6.89. The maximum atomic E-state index is 12.1. The molecule has 2 aromatic heterocycles. The molecular weight excluding hydrogens is 270 g/mol. The summed E-state index contributed by atoms with van der Waals surface area (Å²) >= 11 is 0. The molecule has 0 aliphatic heterocycles. The second kappa shape index (κ2) is 5.20. The molecule has 106 valence electrons. The summed E-state index contributed by atoms with van der Waals surface area (Å²) in [6, 6.07) is 8.88. The van der Waals surface area contributed by atoms with Gasteiger partial charge in [-0.2, -0.15) is 5.10 Å². The average Bonchev–Trinajstić information content (AvgIpc) is 3.08. The van der Waals surface area contributed by atoms with Crippen LogP contribution in [0.15, 0.2) is 40.9 Å². The summed E-state index contributed by atoms with van der Waals surface area (Å²) in [6.45, 7) is 1.73. The zero-order valence-electron chi connectivity index (χ0n) is 11.6. The predicted molar refractivity (Wildman–Crippen MR) is 75.6 cm³/mol. The Morgan fingerprint density at radius 1 is 1.29 bits per heavy atom. The summed E-state index contributed by atoms with van der Waals surface area (Å²) in [7, 11) is 1.71. The average molecular weight is 283 g/mol. The van der Waals surface area contributed by atoms with Crippen molar-refractivity contribution in [1.82, 2.24) is 20.0 Å². The highest BCUT2D eigenvalue weighted by molar-refractivity contribution is 6.03. The minimum Gasteiger partial charge on any atom is -0.421 e. The van der Waals surface area contributed by atoms with E-state index in [4.69, 9.17) is 4.42 Å². The largest absolute Gasteiger partial charge is 0.421 e. The van der Waals surface area contributed by atoms with Crippen molar-refractivity contribution in [3.63, 3.8) is 0 Å². The number of carbonyl (C=O) groups excluding carboxylic acids is 1. The van der Waals surface area contributed by atoms with E-state index in [1.807, 2.05) is 12.1 Å². The van der Waals surface area contributed by atoms with Crippen molar-refractivity contribution in [2.45, 2.75) is 6.92 Å². The van der Waals surface area contributed by atoms with Crippen LogP contribution >= 0.6 is 0 Å². The number of benzene rings is 1. The lowest BCUT2D eigenvalue weighted by molar-refractivity contribution is 0.101. The molecule has 3 aromatic rings.